The number of hydrogen-bond donors (Lipinski definition) is 1. The van der Waals surface area contributed by atoms with Crippen LogP contribution in [0.5, 0.6) is 11.5 Å². The van der Waals surface area contributed by atoms with Crippen LogP contribution in [-0.4, -0.2) is 43.2 Å². The summed E-state index contributed by atoms with van der Waals surface area (Å²) in [6, 6.07) is 6.41. The van der Waals surface area contributed by atoms with E-state index in [0.717, 1.165) is 44.5 Å². The number of benzene rings is 1. The molecular weight excluding hydrogens is 316 g/mol. The molecule has 0 aliphatic carbocycles. The largest absolute Gasteiger partial charge is 0.490 e. The molecular formula is C20H32N2O3. The number of carbonyl (C=O) groups is 1. The van der Waals surface area contributed by atoms with Crippen LogP contribution in [0.25, 0.3) is 0 Å². The molecule has 1 N–H and O–H groups in total. The minimum atomic E-state index is 0.0599. The van der Waals surface area contributed by atoms with E-state index in [-0.39, 0.29) is 12.5 Å². The first-order valence-corrected chi connectivity index (χ1v) is 9.53. The van der Waals surface area contributed by atoms with E-state index in [0.29, 0.717) is 24.1 Å². The highest BCUT2D eigenvalue weighted by atomic mass is 16.5. The minimum Gasteiger partial charge on any atom is -0.490 e. The molecule has 140 valence electrons. The number of hydrogen-bond acceptors (Lipinski definition) is 4. The second kappa shape index (κ2) is 10.3. The maximum atomic E-state index is 12.3. The molecule has 5 nitrogen and oxygen atoms in total. The summed E-state index contributed by atoms with van der Waals surface area (Å²) in [4.78, 5) is 14.2. The van der Waals surface area contributed by atoms with Gasteiger partial charge in [-0.05, 0) is 57.2 Å². The molecule has 1 aromatic rings. The van der Waals surface area contributed by atoms with Crippen LogP contribution in [-0.2, 0) is 11.3 Å². The maximum Gasteiger partial charge on any atom is 0.260 e. The first-order chi connectivity index (χ1) is 12.1. The number of amides is 1. The zero-order chi connectivity index (χ0) is 18.1. The van der Waals surface area contributed by atoms with Crippen molar-refractivity contribution in [2.24, 2.45) is 0 Å². The summed E-state index contributed by atoms with van der Waals surface area (Å²) >= 11 is 0. The average Bonchev–Trinajstić information content (AvgIpc) is 2.66. The van der Waals surface area contributed by atoms with E-state index in [1.54, 1.807) is 0 Å². The molecule has 0 aromatic heterocycles. The molecule has 2 rings (SSSR count). The van der Waals surface area contributed by atoms with Crippen molar-refractivity contribution in [3.05, 3.63) is 23.8 Å². The van der Waals surface area contributed by atoms with Crippen molar-refractivity contribution in [3.8, 4) is 11.5 Å². The molecule has 0 bridgehead atoms. The predicted octanol–water partition coefficient (Wildman–Crippen LogP) is 3.36. The van der Waals surface area contributed by atoms with Gasteiger partial charge in [-0.25, -0.2) is 0 Å². The number of carbonyl (C=O) groups excluding carboxylic acids is 1. The second-order valence-electron chi connectivity index (χ2n) is 6.63. The van der Waals surface area contributed by atoms with Crippen molar-refractivity contribution in [3.63, 3.8) is 0 Å². The van der Waals surface area contributed by atoms with Gasteiger partial charge in [-0.1, -0.05) is 13.0 Å². The Morgan fingerprint density at radius 2 is 1.92 bits per heavy atom. The first-order valence-electron chi connectivity index (χ1n) is 9.53. The van der Waals surface area contributed by atoms with Crippen LogP contribution < -0.4 is 14.8 Å². The van der Waals surface area contributed by atoms with Crippen LogP contribution in [0.4, 0.5) is 0 Å². The lowest BCUT2D eigenvalue weighted by Crippen LogP contribution is -2.38. The van der Waals surface area contributed by atoms with E-state index in [2.05, 4.69) is 19.2 Å². The van der Waals surface area contributed by atoms with Gasteiger partial charge >= 0.3 is 0 Å². The van der Waals surface area contributed by atoms with Crippen LogP contribution in [0.2, 0.25) is 0 Å². The van der Waals surface area contributed by atoms with Gasteiger partial charge in [-0.3, -0.25) is 4.79 Å². The van der Waals surface area contributed by atoms with Crippen LogP contribution in [0.15, 0.2) is 18.2 Å². The van der Waals surface area contributed by atoms with Gasteiger partial charge in [-0.15, -0.1) is 0 Å². The van der Waals surface area contributed by atoms with Crippen molar-refractivity contribution in [1.82, 2.24) is 10.2 Å². The van der Waals surface area contributed by atoms with E-state index < -0.39 is 0 Å². The molecule has 1 amide bonds. The Labute approximate surface area is 151 Å². The lowest BCUT2D eigenvalue weighted by Gasteiger charge is -2.26. The van der Waals surface area contributed by atoms with Crippen molar-refractivity contribution in [2.45, 2.75) is 59.0 Å². The van der Waals surface area contributed by atoms with Crippen LogP contribution >= 0.6 is 0 Å². The Kier molecular flexibility index (Phi) is 8.06. The predicted molar refractivity (Wildman–Crippen MR) is 100 cm³/mol. The Balaban J connectivity index is 1.95. The molecule has 1 aliphatic heterocycles. The van der Waals surface area contributed by atoms with Crippen LogP contribution in [0, 0.1) is 0 Å². The van der Waals surface area contributed by atoms with Gasteiger partial charge in [0.1, 0.15) is 0 Å². The highest BCUT2D eigenvalue weighted by molar-refractivity contribution is 5.78. The van der Waals surface area contributed by atoms with Gasteiger partial charge in [-0.2, -0.15) is 0 Å². The summed E-state index contributed by atoms with van der Waals surface area (Å²) in [5.41, 5.74) is 1.15. The molecule has 1 aliphatic rings. The zero-order valence-corrected chi connectivity index (χ0v) is 15.8. The second-order valence-corrected chi connectivity index (χ2v) is 6.63. The summed E-state index contributed by atoms with van der Waals surface area (Å²) in [6.45, 7) is 9.42. The first kappa shape index (κ1) is 19.6. The normalized spacial score (nSPS) is 15.7. The van der Waals surface area contributed by atoms with Gasteiger partial charge in [0.2, 0.25) is 0 Å². The molecule has 1 fully saturated rings. The van der Waals surface area contributed by atoms with Crippen molar-refractivity contribution in [1.29, 1.82) is 0 Å². The Morgan fingerprint density at radius 3 is 2.60 bits per heavy atom. The molecule has 0 radical (unpaired) electrons. The van der Waals surface area contributed by atoms with Crippen LogP contribution in [0.3, 0.4) is 0 Å². The minimum absolute atomic E-state index is 0.0599. The summed E-state index contributed by atoms with van der Waals surface area (Å²) < 4.78 is 11.5. The van der Waals surface area contributed by atoms with Crippen molar-refractivity contribution < 1.29 is 14.3 Å². The Morgan fingerprint density at radius 1 is 1.16 bits per heavy atom. The summed E-state index contributed by atoms with van der Waals surface area (Å²) in [5.74, 6) is 1.40. The standard InChI is InChI=1S/C20H32N2O3/c1-4-16(3)21-14-17-9-10-18(19(13-17)24-5-2)25-15-20(23)22-11-7-6-8-12-22/h9-10,13,16,21H,4-8,11-12,14-15H2,1-3H3. The lowest BCUT2D eigenvalue weighted by molar-refractivity contribution is -0.134. The number of likely N-dealkylation sites (tertiary alicyclic amines) is 1. The maximum absolute atomic E-state index is 12.3. The molecule has 1 heterocycles. The summed E-state index contributed by atoms with van der Waals surface area (Å²) in [6.07, 6.45) is 4.49. The third kappa shape index (κ3) is 6.24. The zero-order valence-electron chi connectivity index (χ0n) is 15.8. The van der Waals surface area contributed by atoms with Gasteiger partial charge in [0.05, 0.1) is 6.61 Å². The van der Waals surface area contributed by atoms with E-state index in [4.69, 9.17) is 9.47 Å². The highest BCUT2D eigenvalue weighted by Gasteiger charge is 2.17. The molecule has 1 aromatic carbocycles. The fraction of sp³-hybridized carbons (Fsp3) is 0.650. The van der Waals surface area contributed by atoms with Gasteiger partial charge < -0.3 is 19.7 Å². The van der Waals surface area contributed by atoms with Crippen molar-refractivity contribution >= 4 is 5.91 Å². The van der Waals surface area contributed by atoms with Crippen LogP contribution in [0.1, 0.15) is 52.0 Å². The number of piperidine rings is 1. The molecule has 5 heteroatoms. The quantitative estimate of drug-likeness (QED) is 0.743. The molecule has 1 saturated heterocycles. The molecule has 0 spiro atoms. The topological polar surface area (TPSA) is 50.8 Å². The van der Waals surface area contributed by atoms with Gasteiger partial charge in [0.15, 0.2) is 18.1 Å². The summed E-state index contributed by atoms with van der Waals surface area (Å²) in [5, 5.41) is 3.47. The van der Waals surface area contributed by atoms with Gasteiger partial charge in [0, 0.05) is 25.7 Å². The molecule has 1 unspecified atom stereocenters. The average molecular weight is 348 g/mol. The number of nitrogens with one attached hydrogen (secondary N) is 1. The van der Waals surface area contributed by atoms with E-state index >= 15 is 0 Å². The van der Waals surface area contributed by atoms with E-state index in [1.165, 1.54) is 6.42 Å². The molecule has 1 atom stereocenters. The SMILES string of the molecule is CCOc1cc(CNC(C)CC)ccc1OCC(=O)N1CCCCC1. The molecule has 25 heavy (non-hydrogen) atoms. The highest BCUT2D eigenvalue weighted by Crippen LogP contribution is 2.28. The fourth-order valence-corrected chi connectivity index (χ4v) is 2.86. The van der Waals surface area contributed by atoms with Gasteiger partial charge in [0.25, 0.3) is 5.91 Å². The third-order valence-corrected chi connectivity index (χ3v) is 4.63. The van der Waals surface area contributed by atoms with E-state index in [9.17, 15) is 4.79 Å². The smallest absolute Gasteiger partial charge is 0.260 e. The van der Waals surface area contributed by atoms with Crippen molar-refractivity contribution in [2.75, 3.05) is 26.3 Å². The number of ether oxygens (including phenoxy) is 2. The lowest BCUT2D eigenvalue weighted by atomic mass is 10.1. The third-order valence-electron chi connectivity index (χ3n) is 4.63. The number of nitrogens with zero attached hydrogens (tertiary/aromatic N) is 1. The molecule has 0 saturated carbocycles. The Bertz CT molecular complexity index is 542. The number of rotatable bonds is 9. The summed E-state index contributed by atoms with van der Waals surface area (Å²) in [7, 11) is 0. The fourth-order valence-electron chi connectivity index (χ4n) is 2.86. The Hall–Kier alpha value is -1.75. The van der Waals surface area contributed by atoms with E-state index in [1.807, 2.05) is 30.0 Å². The monoisotopic (exact) mass is 348 g/mol.